The number of carbonyl (C=O) groups is 2. The minimum atomic E-state index is -3.64. The third-order valence-corrected chi connectivity index (χ3v) is 6.14. The van der Waals surface area contributed by atoms with Crippen LogP contribution in [0.25, 0.3) is 0 Å². The molecule has 0 unspecified atom stereocenters. The van der Waals surface area contributed by atoms with Gasteiger partial charge in [-0.3, -0.25) is 4.79 Å². The molecular weight excluding hydrogens is 344 g/mol. The number of sulfonamides is 1. The first-order valence-electron chi connectivity index (χ1n) is 8.36. The van der Waals surface area contributed by atoms with Gasteiger partial charge in [-0.1, -0.05) is 12.5 Å². The van der Waals surface area contributed by atoms with E-state index in [1.54, 1.807) is 0 Å². The van der Waals surface area contributed by atoms with E-state index in [9.17, 15) is 18.0 Å². The highest BCUT2D eigenvalue weighted by atomic mass is 32.2. The van der Waals surface area contributed by atoms with Gasteiger partial charge in [0.25, 0.3) is 0 Å². The van der Waals surface area contributed by atoms with Gasteiger partial charge in [-0.05, 0) is 38.0 Å². The van der Waals surface area contributed by atoms with Crippen molar-refractivity contribution in [2.75, 3.05) is 19.7 Å². The SMILES string of the molecule is CC(=O)NCCOC(=O)c1cccc(S(=O)(=O)N2CCCC[C@H]2C)c1. The summed E-state index contributed by atoms with van der Waals surface area (Å²) in [6.45, 7) is 4.01. The Morgan fingerprint density at radius 3 is 2.76 bits per heavy atom. The fraction of sp³-hybridized carbons (Fsp3) is 0.529. The van der Waals surface area contributed by atoms with Crippen LogP contribution in [0.15, 0.2) is 29.2 Å². The molecule has 1 aliphatic rings. The van der Waals surface area contributed by atoms with E-state index in [0.717, 1.165) is 19.3 Å². The molecule has 1 atom stereocenters. The number of rotatable bonds is 6. The normalized spacial score (nSPS) is 18.6. The number of hydrogen-bond donors (Lipinski definition) is 1. The third kappa shape index (κ3) is 5.02. The lowest BCUT2D eigenvalue weighted by molar-refractivity contribution is -0.119. The van der Waals surface area contributed by atoms with Crippen molar-refractivity contribution < 1.29 is 22.7 Å². The van der Waals surface area contributed by atoms with E-state index in [4.69, 9.17) is 4.74 Å². The zero-order chi connectivity index (χ0) is 18.4. The highest BCUT2D eigenvalue weighted by Gasteiger charge is 2.31. The number of nitrogens with zero attached hydrogens (tertiary/aromatic N) is 1. The summed E-state index contributed by atoms with van der Waals surface area (Å²) < 4.78 is 32.2. The molecule has 7 nitrogen and oxygen atoms in total. The number of ether oxygens (including phenoxy) is 1. The summed E-state index contributed by atoms with van der Waals surface area (Å²) in [5.74, 6) is -0.825. The van der Waals surface area contributed by atoms with Crippen LogP contribution in [0.1, 0.15) is 43.5 Å². The van der Waals surface area contributed by atoms with Crippen molar-refractivity contribution in [1.82, 2.24) is 9.62 Å². The zero-order valence-corrected chi connectivity index (χ0v) is 15.3. The molecule has 1 heterocycles. The Morgan fingerprint density at radius 1 is 1.32 bits per heavy atom. The number of piperidine rings is 1. The summed E-state index contributed by atoms with van der Waals surface area (Å²) in [6.07, 6.45) is 2.70. The lowest BCUT2D eigenvalue weighted by Crippen LogP contribution is -2.41. The van der Waals surface area contributed by atoms with Gasteiger partial charge in [-0.25, -0.2) is 13.2 Å². The molecule has 0 bridgehead atoms. The Bertz CT molecular complexity index is 732. The first-order valence-corrected chi connectivity index (χ1v) is 9.80. The molecule has 0 radical (unpaired) electrons. The first-order chi connectivity index (χ1) is 11.8. The number of carbonyl (C=O) groups excluding carboxylic acids is 2. The van der Waals surface area contributed by atoms with Gasteiger partial charge in [0, 0.05) is 19.5 Å². The highest BCUT2D eigenvalue weighted by molar-refractivity contribution is 7.89. The molecule has 0 spiro atoms. The fourth-order valence-corrected chi connectivity index (χ4v) is 4.55. The second-order valence-corrected chi connectivity index (χ2v) is 8.00. The van der Waals surface area contributed by atoms with Gasteiger partial charge in [-0.2, -0.15) is 4.31 Å². The molecule has 8 heteroatoms. The Balaban J connectivity index is 2.09. The largest absolute Gasteiger partial charge is 0.460 e. The molecule has 138 valence electrons. The Morgan fingerprint density at radius 2 is 2.08 bits per heavy atom. The van der Waals surface area contributed by atoms with Gasteiger partial charge < -0.3 is 10.1 Å². The summed E-state index contributed by atoms with van der Waals surface area (Å²) in [7, 11) is -3.64. The van der Waals surface area contributed by atoms with E-state index in [1.165, 1.54) is 35.5 Å². The topological polar surface area (TPSA) is 92.8 Å². The predicted molar refractivity (Wildman–Crippen MR) is 92.6 cm³/mol. The van der Waals surface area contributed by atoms with Crippen LogP contribution < -0.4 is 5.32 Å². The third-order valence-electron chi connectivity index (χ3n) is 4.13. The maximum Gasteiger partial charge on any atom is 0.338 e. The van der Waals surface area contributed by atoms with Crippen molar-refractivity contribution in [3.63, 3.8) is 0 Å². The standard InChI is InChI=1S/C17H24N2O5S/c1-13-6-3-4-10-19(13)25(22,23)16-8-5-7-15(12-16)17(21)24-11-9-18-14(2)20/h5,7-8,12-13H,3-4,6,9-11H2,1-2H3,(H,18,20)/t13-/m1/s1. The van der Waals surface area contributed by atoms with E-state index in [-0.39, 0.29) is 35.6 Å². The Hall–Kier alpha value is -1.93. The van der Waals surface area contributed by atoms with Crippen LogP contribution in [0.2, 0.25) is 0 Å². The van der Waals surface area contributed by atoms with Gasteiger partial charge >= 0.3 is 5.97 Å². The zero-order valence-electron chi connectivity index (χ0n) is 14.5. The van der Waals surface area contributed by atoms with Gasteiger partial charge in [0.15, 0.2) is 0 Å². The van der Waals surface area contributed by atoms with Crippen molar-refractivity contribution in [2.45, 2.75) is 44.0 Å². The molecular formula is C17H24N2O5S. The molecule has 1 aromatic rings. The summed E-state index contributed by atoms with van der Waals surface area (Å²) in [5, 5.41) is 2.52. The number of nitrogens with one attached hydrogen (secondary N) is 1. The molecule has 1 aliphatic heterocycles. The van der Waals surface area contributed by atoms with Crippen LogP contribution in [0.5, 0.6) is 0 Å². The van der Waals surface area contributed by atoms with Crippen molar-refractivity contribution in [3.05, 3.63) is 29.8 Å². The van der Waals surface area contributed by atoms with Crippen molar-refractivity contribution in [1.29, 1.82) is 0 Å². The van der Waals surface area contributed by atoms with Gasteiger partial charge in [0.2, 0.25) is 15.9 Å². The van der Waals surface area contributed by atoms with Crippen molar-refractivity contribution in [2.24, 2.45) is 0 Å². The number of amides is 1. The van der Waals surface area contributed by atoms with Crippen LogP contribution >= 0.6 is 0 Å². The van der Waals surface area contributed by atoms with E-state index in [2.05, 4.69) is 5.32 Å². The minimum absolute atomic E-state index is 0.0263. The molecule has 1 saturated heterocycles. The lowest BCUT2D eigenvalue weighted by atomic mass is 10.1. The molecule has 2 rings (SSSR count). The maximum atomic E-state index is 12.8. The molecule has 1 aromatic carbocycles. The van der Waals surface area contributed by atoms with E-state index in [0.29, 0.717) is 6.54 Å². The maximum absolute atomic E-state index is 12.8. The van der Waals surface area contributed by atoms with Gasteiger partial charge in [0.05, 0.1) is 17.0 Å². The minimum Gasteiger partial charge on any atom is -0.460 e. The van der Waals surface area contributed by atoms with Gasteiger partial charge in [-0.15, -0.1) is 0 Å². The van der Waals surface area contributed by atoms with E-state index < -0.39 is 16.0 Å². The summed E-state index contributed by atoms with van der Waals surface area (Å²) in [4.78, 5) is 22.9. The average Bonchev–Trinajstić information content (AvgIpc) is 2.58. The van der Waals surface area contributed by atoms with Gasteiger partial charge in [0.1, 0.15) is 6.61 Å². The molecule has 0 saturated carbocycles. The first kappa shape index (κ1) is 19.4. The van der Waals surface area contributed by atoms with E-state index >= 15 is 0 Å². The quantitative estimate of drug-likeness (QED) is 0.607. The smallest absolute Gasteiger partial charge is 0.338 e. The second-order valence-electron chi connectivity index (χ2n) is 6.11. The van der Waals surface area contributed by atoms with E-state index in [1.807, 2.05) is 6.92 Å². The molecule has 1 amide bonds. The van der Waals surface area contributed by atoms with Crippen molar-refractivity contribution in [3.8, 4) is 0 Å². The Labute approximate surface area is 148 Å². The van der Waals surface area contributed by atoms with Crippen LogP contribution in [-0.4, -0.2) is 50.3 Å². The number of benzene rings is 1. The second kappa shape index (κ2) is 8.44. The van der Waals surface area contributed by atoms with Crippen LogP contribution in [0.4, 0.5) is 0 Å². The lowest BCUT2D eigenvalue weighted by Gasteiger charge is -2.32. The average molecular weight is 368 g/mol. The Kier molecular flexibility index (Phi) is 6.55. The molecule has 0 aromatic heterocycles. The summed E-state index contributed by atoms with van der Waals surface area (Å²) in [6, 6.07) is 5.83. The summed E-state index contributed by atoms with van der Waals surface area (Å²) in [5.41, 5.74) is 0.175. The highest BCUT2D eigenvalue weighted by Crippen LogP contribution is 2.25. The molecule has 1 N–H and O–H groups in total. The van der Waals surface area contributed by atoms with Crippen LogP contribution in [0.3, 0.4) is 0 Å². The number of hydrogen-bond acceptors (Lipinski definition) is 5. The number of esters is 1. The fourth-order valence-electron chi connectivity index (χ4n) is 2.80. The molecule has 1 fully saturated rings. The summed E-state index contributed by atoms with van der Waals surface area (Å²) >= 11 is 0. The van der Waals surface area contributed by atoms with Crippen LogP contribution in [0, 0.1) is 0 Å². The molecule has 0 aliphatic carbocycles. The van der Waals surface area contributed by atoms with Crippen molar-refractivity contribution >= 4 is 21.9 Å². The monoisotopic (exact) mass is 368 g/mol. The predicted octanol–water partition coefficient (Wildman–Crippen LogP) is 1.54. The van der Waals surface area contributed by atoms with Crippen LogP contribution in [-0.2, 0) is 19.6 Å². The molecule has 25 heavy (non-hydrogen) atoms.